The molecule has 2 fully saturated rings. The van der Waals surface area contributed by atoms with Gasteiger partial charge in [0.2, 0.25) is 11.8 Å². The number of aromatic nitrogens is 4. The number of nitrogens with zero attached hydrogens (tertiary/aromatic N) is 4. The SMILES string of the molecule is COC(=O)N[C@H](C(=O)N1CCC[C@H]1c1ncc(-c2ccc(-c3ccc(-c4cnc([C@@H]5CCCN5C(=O)[C@@H](NC(=O)OC)C(C)C)[nH]4)c4c3CCCC4)c3c2CCCC3)[nH]1)C(C)C. The Morgan fingerprint density at radius 3 is 1.29 bits per heavy atom. The van der Waals surface area contributed by atoms with Gasteiger partial charge in [0.15, 0.2) is 0 Å². The monoisotopic (exact) mass is 846 g/mol. The van der Waals surface area contributed by atoms with Crippen molar-refractivity contribution in [1.82, 2.24) is 40.4 Å². The molecule has 62 heavy (non-hydrogen) atoms. The standard InChI is InChI=1S/C48H62N8O6/c1-27(2)41(53-47(59)61-5)45(57)55-23-11-17-39(55)43-49-25-37(51-43)35-21-19-33(29-13-7-9-15-31(29)35)34-20-22-36(32-16-10-8-14-30(32)34)38-26-50-44(52-38)40-18-12-24-56(40)46(58)42(28(3)4)54-48(60)62-6/h19-22,25-28,39-42H,7-18,23-24H2,1-6H3,(H,49,51)(H,50,52)(H,53,59)(H,54,60)/t39-,40-,41-,42-/m0/s1. The Labute approximate surface area is 364 Å². The highest BCUT2D eigenvalue weighted by atomic mass is 16.5. The van der Waals surface area contributed by atoms with Gasteiger partial charge in [0.05, 0.1) is 50.1 Å². The molecule has 0 saturated carbocycles. The molecule has 0 spiro atoms. The lowest BCUT2D eigenvalue weighted by atomic mass is 9.78. The minimum absolute atomic E-state index is 0.102. The first-order chi connectivity index (χ1) is 30.0. The van der Waals surface area contributed by atoms with Crippen LogP contribution in [0, 0.1) is 11.8 Å². The lowest BCUT2D eigenvalue weighted by molar-refractivity contribution is -0.136. The number of likely N-dealkylation sites (tertiary alicyclic amines) is 2. The molecule has 2 aromatic carbocycles. The molecule has 8 rings (SSSR count). The van der Waals surface area contributed by atoms with Gasteiger partial charge in [0, 0.05) is 24.2 Å². The lowest BCUT2D eigenvalue weighted by Gasteiger charge is -2.30. The number of hydrogen-bond acceptors (Lipinski definition) is 8. The maximum absolute atomic E-state index is 13.8. The van der Waals surface area contributed by atoms with E-state index in [-0.39, 0.29) is 35.7 Å². The predicted molar refractivity (Wildman–Crippen MR) is 236 cm³/mol. The summed E-state index contributed by atoms with van der Waals surface area (Å²) < 4.78 is 9.65. The topological polar surface area (TPSA) is 175 Å². The van der Waals surface area contributed by atoms with Crippen molar-refractivity contribution in [3.05, 3.63) is 70.6 Å². The Kier molecular flexibility index (Phi) is 12.7. The molecule has 0 radical (unpaired) electrons. The highest BCUT2D eigenvalue weighted by Crippen LogP contribution is 2.44. The maximum Gasteiger partial charge on any atom is 0.407 e. The van der Waals surface area contributed by atoms with Crippen LogP contribution in [0.3, 0.4) is 0 Å². The van der Waals surface area contributed by atoms with E-state index in [4.69, 9.17) is 19.4 Å². The van der Waals surface area contributed by atoms with Crippen LogP contribution in [0.4, 0.5) is 9.59 Å². The molecule has 4 N–H and O–H groups in total. The molecule has 0 unspecified atom stereocenters. The van der Waals surface area contributed by atoms with E-state index in [0.717, 1.165) is 100 Å². The van der Waals surface area contributed by atoms with Crippen molar-refractivity contribution in [2.24, 2.45) is 11.8 Å². The first kappa shape index (κ1) is 43.0. The van der Waals surface area contributed by atoms with Gasteiger partial charge >= 0.3 is 12.2 Å². The third-order valence-corrected chi connectivity index (χ3v) is 13.6. The molecule has 14 nitrogen and oxygen atoms in total. The summed E-state index contributed by atoms with van der Waals surface area (Å²) in [6.45, 7) is 8.92. The number of imidazole rings is 2. The number of H-pyrrole nitrogens is 2. The molecule has 4 aliphatic rings. The van der Waals surface area contributed by atoms with Crippen molar-refractivity contribution in [3.63, 3.8) is 0 Å². The zero-order chi connectivity index (χ0) is 43.7. The summed E-state index contributed by atoms with van der Waals surface area (Å²) in [7, 11) is 2.62. The van der Waals surface area contributed by atoms with E-state index in [0.29, 0.717) is 13.1 Å². The van der Waals surface area contributed by atoms with Gasteiger partial charge < -0.3 is 39.9 Å². The first-order valence-electron chi connectivity index (χ1n) is 22.7. The Balaban J connectivity index is 1.07. The molecule has 2 aliphatic heterocycles. The van der Waals surface area contributed by atoms with Crippen LogP contribution >= 0.6 is 0 Å². The molecule has 2 saturated heterocycles. The molecular formula is C48H62N8O6. The van der Waals surface area contributed by atoms with Crippen LogP contribution in [0.5, 0.6) is 0 Å². The number of nitrogens with one attached hydrogen (secondary N) is 4. The molecule has 2 aromatic heterocycles. The van der Waals surface area contributed by atoms with Crippen molar-refractivity contribution in [3.8, 4) is 33.6 Å². The second kappa shape index (κ2) is 18.4. The summed E-state index contributed by atoms with van der Waals surface area (Å²) in [6, 6.07) is 7.36. The van der Waals surface area contributed by atoms with E-state index in [1.165, 1.54) is 58.7 Å². The molecular weight excluding hydrogens is 785 g/mol. The van der Waals surface area contributed by atoms with Gasteiger partial charge in [-0.15, -0.1) is 0 Å². The molecule has 2 aliphatic carbocycles. The average Bonchev–Trinajstić information content (AvgIpc) is 4.13. The predicted octanol–water partition coefficient (Wildman–Crippen LogP) is 7.98. The van der Waals surface area contributed by atoms with Crippen LogP contribution in [0.15, 0.2) is 36.7 Å². The fraction of sp³-hybridized carbons (Fsp3) is 0.542. The van der Waals surface area contributed by atoms with E-state index in [2.05, 4.69) is 44.9 Å². The van der Waals surface area contributed by atoms with Gasteiger partial charge in [0.1, 0.15) is 23.7 Å². The highest BCUT2D eigenvalue weighted by molar-refractivity contribution is 5.87. The summed E-state index contributed by atoms with van der Waals surface area (Å²) in [5.41, 5.74) is 12.4. The second-order valence-corrected chi connectivity index (χ2v) is 18.1. The zero-order valence-corrected chi connectivity index (χ0v) is 37.1. The third kappa shape index (κ3) is 8.32. The fourth-order valence-corrected chi connectivity index (χ4v) is 10.4. The number of alkyl carbamates (subject to hydrolysis) is 2. The number of fused-ring (bicyclic) bond motifs is 2. The molecule has 0 bridgehead atoms. The Morgan fingerprint density at radius 1 is 0.581 bits per heavy atom. The van der Waals surface area contributed by atoms with Crippen molar-refractivity contribution in [2.45, 2.75) is 129 Å². The molecule has 330 valence electrons. The molecule has 4 aromatic rings. The first-order valence-corrected chi connectivity index (χ1v) is 22.7. The largest absolute Gasteiger partial charge is 0.453 e. The van der Waals surface area contributed by atoms with E-state index < -0.39 is 24.3 Å². The number of carbonyl (C=O) groups excluding carboxylic acids is 4. The van der Waals surface area contributed by atoms with Crippen molar-refractivity contribution in [1.29, 1.82) is 0 Å². The Hall–Kier alpha value is -5.66. The zero-order valence-electron chi connectivity index (χ0n) is 37.1. The second-order valence-electron chi connectivity index (χ2n) is 18.1. The summed E-state index contributed by atoms with van der Waals surface area (Å²) >= 11 is 0. The smallest absolute Gasteiger partial charge is 0.407 e. The summed E-state index contributed by atoms with van der Waals surface area (Å²) in [5, 5.41) is 5.49. The quantitative estimate of drug-likeness (QED) is 0.118. The number of methoxy groups -OCH3 is 2. The van der Waals surface area contributed by atoms with Gasteiger partial charge in [-0.1, -0.05) is 52.0 Å². The highest BCUT2D eigenvalue weighted by Gasteiger charge is 2.39. The summed E-state index contributed by atoms with van der Waals surface area (Å²) in [4.78, 5) is 72.6. The summed E-state index contributed by atoms with van der Waals surface area (Å²) in [5.74, 6) is 1.11. The number of carbonyl (C=O) groups is 4. The number of ether oxygens (including phenoxy) is 2. The van der Waals surface area contributed by atoms with Crippen LogP contribution in [0.1, 0.15) is 125 Å². The molecule has 4 heterocycles. The van der Waals surface area contributed by atoms with Crippen LogP contribution < -0.4 is 10.6 Å². The van der Waals surface area contributed by atoms with E-state index in [9.17, 15) is 19.2 Å². The number of aromatic amines is 2. The third-order valence-electron chi connectivity index (χ3n) is 13.6. The Bertz CT molecular complexity index is 2150. The van der Waals surface area contributed by atoms with Crippen molar-refractivity contribution >= 4 is 24.0 Å². The van der Waals surface area contributed by atoms with Crippen LogP contribution in [-0.2, 0) is 44.7 Å². The van der Waals surface area contributed by atoms with Gasteiger partial charge in [-0.2, -0.15) is 0 Å². The number of amides is 4. The van der Waals surface area contributed by atoms with Gasteiger partial charge in [-0.25, -0.2) is 19.6 Å². The maximum atomic E-state index is 13.8. The van der Waals surface area contributed by atoms with Gasteiger partial charge in [-0.3, -0.25) is 9.59 Å². The van der Waals surface area contributed by atoms with E-state index in [1.807, 2.05) is 49.9 Å². The van der Waals surface area contributed by atoms with Crippen LogP contribution in [0.25, 0.3) is 33.6 Å². The van der Waals surface area contributed by atoms with Crippen LogP contribution in [-0.4, -0.2) is 93.1 Å². The number of benzene rings is 2. The Morgan fingerprint density at radius 2 is 0.935 bits per heavy atom. The van der Waals surface area contributed by atoms with E-state index in [1.54, 1.807) is 0 Å². The lowest BCUT2D eigenvalue weighted by Crippen LogP contribution is -2.51. The molecule has 4 amide bonds. The molecule has 14 heteroatoms. The number of rotatable bonds is 11. The van der Waals surface area contributed by atoms with E-state index >= 15 is 0 Å². The average molecular weight is 847 g/mol. The summed E-state index contributed by atoms with van der Waals surface area (Å²) in [6.07, 6.45) is 14.5. The number of hydrogen-bond donors (Lipinski definition) is 4. The fourth-order valence-electron chi connectivity index (χ4n) is 10.4. The van der Waals surface area contributed by atoms with Crippen molar-refractivity contribution in [2.75, 3.05) is 27.3 Å². The van der Waals surface area contributed by atoms with Gasteiger partial charge in [-0.05, 0) is 122 Å². The minimum Gasteiger partial charge on any atom is -0.453 e. The van der Waals surface area contributed by atoms with Crippen molar-refractivity contribution < 1.29 is 28.7 Å². The van der Waals surface area contributed by atoms with Crippen LogP contribution in [0.2, 0.25) is 0 Å². The minimum atomic E-state index is -0.684. The normalized spacial score (nSPS) is 19.5. The van der Waals surface area contributed by atoms with Gasteiger partial charge in [0.25, 0.3) is 0 Å². The molecule has 4 atom stereocenters.